The first-order valence-electron chi connectivity index (χ1n) is 6.26. The number of hydrogen-bond donors (Lipinski definition) is 1. The Bertz CT molecular complexity index is 577. The molecular weight excluding hydrogens is 261 g/mol. The summed E-state index contributed by atoms with van der Waals surface area (Å²) in [5, 5.41) is 3.24. The fraction of sp³-hybridized carbons (Fsp3) is 0.267. The minimum Gasteiger partial charge on any atom is -0.463 e. The van der Waals surface area contributed by atoms with Gasteiger partial charge in [0.25, 0.3) is 0 Å². The zero-order chi connectivity index (χ0) is 14.5. The van der Waals surface area contributed by atoms with Crippen LogP contribution in [-0.4, -0.2) is 13.1 Å². The van der Waals surface area contributed by atoms with Gasteiger partial charge in [-0.05, 0) is 36.8 Å². The average Bonchev–Trinajstić information content (AvgIpc) is 2.95. The smallest absolute Gasteiger partial charge is 0.373 e. The normalized spacial score (nSPS) is 12.2. The van der Waals surface area contributed by atoms with Crippen LogP contribution in [0, 0.1) is 5.82 Å². The molecule has 0 fully saturated rings. The van der Waals surface area contributed by atoms with Crippen LogP contribution >= 0.6 is 0 Å². The molecule has 106 valence electrons. The Balaban J connectivity index is 1.94. The lowest BCUT2D eigenvalue weighted by atomic mass is 10.2. The van der Waals surface area contributed by atoms with Crippen molar-refractivity contribution in [3.63, 3.8) is 0 Å². The molecule has 0 amide bonds. The highest BCUT2D eigenvalue weighted by molar-refractivity contribution is 5.86. The van der Waals surface area contributed by atoms with Gasteiger partial charge in [-0.15, -0.1) is 0 Å². The summed E-state index contributed by atoms with van der Waals surface area (Å²) in [6.45, 7) is 2.50. The van der Waals surface area contributed by atoms with Crippen molar-refractivity contribution in [1.82, 2.24) is 5.32 Å². The molecular formula is C15H16FNO3. The SMILES string of the molecule is COC(=O)c1ccc(C(C)NCc2ccc(F)cc2)o1. The van der Waals surface area contributed by atoms with E-state index in [0.29, 0.717) is 12.3 Å². The molecule has 20 heavy (non-hydrogen) atoms. The van der Waals surface area contributed by atoms with Crippen molar-refractivity contribution >= 4 is 5.97 Å². The summed E-state index contributed by atoms with van der Waals surface area (Å²) in [6, 6.07) is 9.52. The van der Waals surface area contributed by atoms with E-state index >= 15 is 0 Å². The van der Waals surface area contributed by atoms with Crippen molar-refractivity contribution < 1.29 is 18.3 Å². The first kappa shape index (κ1) is 14.3. The summed E-state index contributed by atoms with van der Waals surface area (Å²) in [6.07, 6.45) is 0. The Morgan fingerprint density at radius 1 is 1.30 bits per heavy atom. The molecule has 1 N–H and O–H groups in total. The van der Waals surface area contributed by atoms with Crippen molar-refractivity contribution in [2.24, 2.45) is 0 Å². The zero-order valence-electron chi connectivity index (χ0n) is 11.4. The molecule has 0 aliphatic carbocycles. The van der Waals surface area contributed by atoms with Crippen LogP contribution in [0.4, 0.5) is 4.39 Å². The van der Waals surface area contributed by atoms with E-state index in [1.54, 1.807) is 24.3 Å². The predicted octanol–water partition coefficient (Wildman–Crippen LogP) is 3.06. The number of ether oxygens (including phenoxy) is 1. The molecule has 1 atom stereocenters. The Morgan fingerprint density at radius 3 is 2.65 bits per heavy atom. The number of hydrogen-bond acceptors (Lipinski definition) is 4. The Morgan fingerprint density at radius 2 is 2.00 bits per heavy atom. The van der Waals surface area contributed by atoms with Gasteiger partial charge in [0, 0.05) is 6.54 Å². The standard InChI is InChI=1S/C15H16FNO3/c1-10(13-7-8-14(20-13)15(18)19-2)17-9-11-3-5-12(16)6-4-11/h3-8,10,17H,9H2,1-2H3. The second kappa shape index (κ2) is 6.34. The maximum atomic E-state index is 12.8. The molecule has 0 bridgehead atoms. The van der Waals surface area contributed by atoms with E-state index < -0.39 is 5.97 Å². The van der Waals surface area contributed by atoms with Gasteiger partial charge in [-0.25, -0.2) is 9.18 Å². The van der Waals surface area contributed by atoms with Gasteiger partial charge in [0.2, 0.25) is 5.76 Å². The first-order chi connectivity index (χ1) is 9.60. The third kappa shape index (κ3) is 3.45. The van der Waals surface area contributed by atoms with Crippen LogP contribution in [0.25, 0.3) is 0 Å². The summed E-state index contributed by atoms with van der Waals surface area (Å²) in [5.41, 5.74) is 0.970. The molecule has 2 rings (SSSR count). The Kier molecular flexibility index (Phi) is 4.53. The minimum absolute atomic E-state index is 0.0709. The lowest BCUT2D eigenvalue weighted by Gasteiger charge is -2.11. The van der Waals surface area contributed by atoms with E-state index in [9.17, 15) is 9.18 Å². The number of benzene rings is 1. The molecule has 0 saturated heterocycles. The molecule has 0 aliphatic rings. The van der Waals surface area contributed by atoms with Gasteiger partial charge < -0.3 is 14.5 Å². The molecule has 0 spiro atoms. The Labute approximate surface area is 116 Å². The van der Waals surface area contributed by atoms with Crippen molar-refractivity contribution in [1.29, 1.82) is 0 Å². The Hall–Kier alpha value is -2.14. The third-order valence-electron chi connectivity index (χ3n) is 2.97. The van der Waals surface area contributed by atoms with Crippen LogP contribution in [0.15, 0.2) is 40.8 Å². The highest BCUT2D eigenvalue weighted by Crippen LogP contribution is 2.17. The largest absolute Gasteiger partial charge is 0.463 e. The molecule has 0 saturated carbocycles. The average molecular weight is 277 g/mol. The van der Waals surface area contributed by atoms with Gasteiger partial charge >= 0.3 is 5.97 Å². The maximum absolute atomic E-state index is 12.8. The summed E-state index contributed by atoms with van der Waals surface area (Å²) in [5.74, 6) is 0.0722. The molecule has 1 heterocycles. The van der Waals surface area contributed by atoms with Crippen molar-refractivity contribution in [2.75, 3.05) is 7.11 Å². The molecule has 4 nitrogen and oxygen atoms in total. The van der Waals surface area contributed by atoms with Gasteiger partial charge in [-0.1, -0.05) is 12.1 Å². The monoisotopic (exact) mass is 277 g/mol. The van der Waals surface area contributed by atoms with Gasteiger partial charge in [0.1, 0.15) is 11.6 Å². The predicted molar refractivity (Wildman–Crippen MR) is 71.7 cm³/mol. The maximum Gasteiger partial charge on any atom is 0.373 e. The van der Waals surface area contributed by atoms with Gasteiger partial charge in [-0.3, -0.25) is 0 Å². The molecule has 1 aromatic heterocycles. The molecule has 1 unspecified atom stereocenters. The van der Waals surface area contributed by atoms with Crippen LogP contribution < -0.4 is 5.32 Å². The van der Waals surface area contributed by atoms with Crippen LogP contribution in [0.5, 0.6) is 0 Å². The minimum atomic E-state index is -0.498. The summed E-state index contributed by atoms with van der Waals surface area (Å²) < 4.78 is 22.8. The molecule has 2 aromatic rings. The molecule has 5 heteroatoms. The van der Waals surface area contributed by atoms with Crippen LogP contribution in [0.3, 0.4) is 0 Å². The van der Waals surface area contributed by atoms with Crippen molar-refractivity contribution in [3.05, 3.63) is 59.3 Å². The lowest BCUT2D eigenvalue weighted by Crippen LogP contribution is -2.17. The van der Waals surface area contributed by atoms with E-state index in [0.717, 1.165) is 5.56 Å². The van der Waals surface area contributed by atoms with E-state index in [1.807, 2.05) is 6.92 Å². The van der Waals surface area contributed by atoms with E-state index in [1.165, 1.54) is 19.2 Å². The van der Waals surface area contributed by atoms with Crippen LogP contribution in [-0.2, 0) is 11.3 Å². The molecule has 0 radical (unpaired) electrons. The highest BCUT2D eigenvalue weighted by Gasteiger charge is 2.14. The lowest BCUT2D eigenvalue weighted by molar-refractivity contribution is 0.0562. The summed E-state index contributed by atoms with van der Waals surface area (Å²) in [7, 11) is 1.31. The van der Waals surface area contributed by atoms with E-state index in [4.69, 9.17) is 4.42 Å². The number of carbonyl (C=O) groups excluding carboxylic acids is 1. The van der Waals surface area contributed by atoms with Crippen molar-refractivity contribution in [3.8, 4) is 0 Å². The highest BCUT2D eigenvalue weighted by atomic mass is 19.1. The van der Waals surface area contributed by atoms with Crippen LogP contribution in [0.1, 0.15) is 34.8 Å². The summed E-state index contributed by atoms with van der Waals surface area (Å²) >= 11 is 0. The second-order valence-corrected chi connectivity index (χ2v) is 4.42. The zero-order valence-corrected chi connectivity index (χ0v) is 11.4. The number of nitrogens with one attached hydrogen (secondary N) is 1. The molecule has 0 aliphatic heterocycles. The summed E-state index contributed by atoms with van der Waals surface area (Å²) in [4.78, 5) is 11.3. The molecule has 1 aromatic carbocycles. The number of carbonyl (C=O) groups is 1. The number of methoxy groups -OCH3 is 1. The number of halogens is 1. The fourth-order valence-corrected chi connectivity index (χ4v) is 1.77. The fourth-order valence-electron chi connectivity index (χ4n) is 1.77. The first-order valence-corrected chi connectivity index (χ1v) is 6.26. The third-order valence-corrected chi connectivity index (χ3v) is 2.97. The second-order valence-electron chi connectivity index (χ2n) is 4.42. The number of rotatable bonds is 5. The topological polar surface area (TPSA) is 51.5 Å². The van der Waals surface area contributed by atoms with Gasteiger partial charge in [-0.2, -0.15) is 0 Å². The van der Waals surface area contributed by atoms with Gasteiger partial charge in [0.15, 0.2) is 0 Å². The van der Waals surface area contributed by atoms with Crippen LogP contribution in [0.2, 0.25) is 0 Å². The van der Waals surface area contributed by atoms with E-state index in [2.05, 4.69) is 10.1 Å². The van der Waals surface area contributed by atoms with Crippen molar-refractivity contribution in [2.45, 2.75) is 19.5 Å². The van der Waals surface area contributed by atoms with E-state index in [-0.39, 0.29) is 17.6 Å². The number of esters is 1. The van der Waals surface area contributed by atoms with Gasteiger partial charge in [0.05, 0.1) is 13.2 Å². The quantitative estimate of drug-likeness (QED) is 0.853. The number of furan rings is 1.